The number of amides is 1. The molecule has 4 saturated carbocycles. The molecule has 12 heterocycles. The van der Waals surface area contributed by atoms with Crippen molar-refractivity contribution in [2.75, 3.05) is 64.7 Å². The van der Waals surface area contributed by atoms with E-state index in [0.29, 0.717) is 119 Å². The number of thiophene rings is 3. The van der Waals surface area contributed by atoms with Gasteiger partial charge in [0.2, 0.25) is 36.0 Å². The number of primary sulfonamides is 3. The maximum absolute atomic E-state index is 11.9. The fraction of sp³-hybridized carbons (Fsp3) is 0.319. The van der Waals surface area contributed by atoms with E-state index >= 15 is 0 Å². The summed E-state index contributed by atoms with van der Waals surface area (Å²) in [5, 5.41) is 61.2. The van der Waals surface area contributed by atoms with Gasteiger partial charge >= 0.3 is 6.09 Å². The third-order valence-electron chi connectivity index (χ3n) is 17.3. The zero-order valence-electron chi connectivity index (χ0n) is 59.9. The predicted octanol–water partition coefficient (Wildman–Crippen LogP) is 14.1. The molecule has 34 nitrogen and oxygen atoms in total. The Balaban J connectivity index is 0.000000240. The second-order valence-corrected chi connectivity index (χ2v) is 36.5. The van der Waals surface area contributed by atoms with Gasteiger partial charge in [-0.2, -0.15) is 20.4 Å². The van der Waals surface area contributed by atoms with Crippen molar-refractivity contribution in [3.05, 3.63) is 149 Å². The normalized spacial score (nSPS) is 15.3. The quantitative estimate of drug-likeness (QED) is 0.0318. The molecule has 0 unspecified atom stereocenters. The standard InChI is InChI=1S/C19H21ClN6O2S.C19H24N8O2S2.C16H16N6O2S.C15H16N6O2S2.8H2/c1-19(2,3)28-18(27)23-15-7-6-13(29-15)17-21-9-11(20)16(24-17)22-14-8-12(25-26-14)10-4-5-10;1-26-6-8-27(9-7-26)17-11-15(21-16-10-13(24-25-16)12-2-3-12)22-19(23-17)14-4-5-18(30-14)31(20,28)29;17-25(23,24)12-5-3-11(4-6-12)16-18-8-7-14(20-16)19-15-9-13(21-22-15)10-1-2-10;1-8-6-11(12-4-5-14(24-12)25(16,22)23)18-15(17-8)19-13-7-10(20-21-13)9-2-3-9;;;;;;;;/h6-10H,4-5H2,1-3H3,(H,23,27)(H2,21,22,24,25,26);4-5,10-12H,2-3,6-9H2,1H3,(H2,20,28,29)(H2,21,22,23,24,25);3-10H,1-2H2,(H2,17,23,24)(H2,18,19,20,21,22);4-7,9H,2-3H2,1H3,(H2,16,22,23)(H2,17,18,19,20,21);8*1H. The number of hydrogen-bond acceptors (Lipinski definition) is 29. The summed E-state index contributed by atoms with van der Waals surface area (Å²) in [4.78, 5) is 54.3. The highest BCUT2D eigenvalue weighted by Gasteiger charge is 2.30. The Morgan fingerprint density at radius 3 is 1.58 bits per heavy atom. The fourth-order valence-corrected chi connectivity index (χ4v) is 16.0. The average Bonchev–Trinajstić information content (AvgIpc) is 1.78. The number of H-pyrrole nitrogens is 4. The second kappa shape index (κ2) is 32.0. The number of carbonyl (C=O) groups excluding carboxylic acids is 1. The van der Waals surface area contributed by atoms with Crippen LogP contribution in [0, 0.1) is 6.92 Å². The van der Waals surface area contributed by atoms with Gasteiger partial charge in [-0.3, -0.25) is 25.7 Å². The van der Waals surface area contributed by atoms with E-state index in [4.69, 9.17) is 36.7 Å². The lowest BCUT2D eigenvalue weighted by Gasteiger charge is -2.33. The number of sulfonamides is 3. The average molecular weight is 1640 g/mol. The molecule has 0 bridgehead atoms. The van der Waals surface area contributed by atoms with Gasteiger partial charge in [-0.05, 0) is 159 Å². The molecule has 4 aliphatic carbocycles. The highest BCUT2D eigenvalue weighted by atomic mass is 35.5. The van der Waals surface area contributed by atoms with Crippen LogP contribution >= 0.6 is 45.6 Å². The number of rotatable bonds is 21. The van der Waals surface area contributed by atoms with Crippen LogP contribution in [0.5, 0.6) is 0 Å². The number of nitrogens with zero attached hydrogens (tertiary/aromatic N) is 14. The highest BCUT2D eigenvalue weighted by molar-refractivity contribution is 7.91. The van der Waals surface area contributed by atoms with Gasteiger partial charge in [0.05, 0.1) is 36.4 Å². The number of nitrogens with one attached hydrogen (secondary N) is 9. The molecule has 17 rings (SSSR count). The largest absolute Gasteiger partial charge is 0.444 e. The molecule has 5 aliphatic rings. The fourth-order valence-electron chi connectivity index (χ4n) is 11.1. The SMILES string of the molecule is CC(C)(C)OC(=O)Nc1ccc(-c2ncc(Cl)c(Nc3cc(C4CC4)[nH]n3)n2)s1.CN1CCN(c2cc(Nc3cc(C4CC4)[nH]n3)nc(-c3ccc(S(N)(=O)=O)s3)n2)CC1.Cc1cc(-c2ccc(S(N)(=O)=O)s2)nc(Nc2cc(C3CC3)[nH]n2)n1.NS(=O)(=O)c1ccc(-c2nccc(Nc3cc(C4CC4)[nH]n3)n2)cc1.[HH].[HH].[HH].[HH].[HH].[HH].[HH].[HH]. The Bertz CT molecular complexity index is 5700. The van der Waals surface area contributed by atoms with E-state index in [1.54, 1.807) is 54.9 Å². The number of benzene rings is 1. The number of ether oxygens (including phenoxy) is 1. The number of likely N-dealkylation sites (N-methyl/N-ethyl adjacent to an activating group) is 1. The van der Waals surface area contributed by atoms with E-state index in [1.807, 2.05) is 64.1 Å². The summed E-state index contributed by atoms with van der Waals surface area (Å²) in [6.45, 7) is 10.9. The van der Waals surface area contributed by atoms with Crippen LogP contribution in [0.1, 0.15) is 136 Å². The van der Waals surface area contributed by atoms with Crippen LogP contribution in [0.2, 0.25) is 5.02 Å². The first-order chi connectivity index (χ1) is 52.5. The molecular weight excluding hydrogens is 1550 g/mol. The van der Waals surface area contributed by atoms with Gasteiger partial charge < -0.3 is 35.8 Å². The number of aromatic nitrogens is 16. The van der Waals surface area contributed by atoms with Crippen LogP contribution in [0.4, 0.5) is 62.3 Å². The van der Waals surface area contributed by atoms with Crippen molar-refractivity contribution in [1.82, 2.24) is 85.6 Å². The zero-order chi connectivity index (χ0) is 77.2. The Morgan fingerprint density at radius 1 is 0.536 bits per heavy atom. The molecule has 0 radical (unpaired) electrons. The first kappa shape index (κ1) is 76.5. The lowest BCUT2D eigenvalue weighted by molar-refractivity contribution is 0.0636. The van der Waals surface area contributed by atoms with Crippen molar-refractivity contribution >= 4 is 139 Å². The number of aryl methyl sites for hydroxylation is 1. The Kier molecular flexibility index (Phi) is 22.2. The Hall–Kier alpha value is -10.3. The zero-order valence-corrected chi connectivity index (χ0v) is 65.5. The first-order valence-electron chi connectivity index (χ1n) is 34.8. The summed E-state index contributed by atoms with van der Waals surface area (Å²) in [5.41, 5.74) is 6.03. The summed E-state index contributed by atoms with van der Waals surface area (Å²) in [7, 11) is -9.09. The van der Waals surface area contributed by atoms with E-state index in [9.17, 15) is 30.0 Å². The smallest absolute Gasteiger partial charge is 0.412 e. The number of piperazine rings is 1. The van der Waals surface area contributed by atoms with Gasteiger partial charge in [-0.25, -0.2) is 85.3 Å². The molecule has 1 amide bonds. The van der Waals surface area contributed by atoms with Crippen LogP contribution in [0.15, 0.2) is 129 Å². The molecule has 1 aromatic carbocycles. The summed E-state index contributed by atoms with van der Waals surface area (Å²) in [6.07, 6.45) is 12.2. The molecule has 1 aliphatic heterocycles. The monoisotopic (exact) mass is 1640 g/mol. The molecule has 590 valence electrons. The summed E-state index contributed by atoms with van der Waals surface area (Å²) >= 11 is 9.75. The van der Waals surface area contributed by atoms with E-state index in [0.717, 1.165) is 88.0 Å². The molecule has 110 heavy (non-hydrogen) atoms. The Labute approximate surface area is 661 Å². The number of anilines is 10. The van der Waals surface area contributed by atoms with Crippen molar-refractivity contribution in [3.8, 4) is 43.4 Å². The van der Waals surface area contributed by atoms with Gasteiger partial charge in [0.1, 0.15) is 36.5 Å². The van der Waals surface area contributed by atoms with Gasteiger partial charge in [-0.15, -0.1) is 34.0 Å². The van der Waals surface area contributed by atoms with Crippen LogP contribution < -0.4 is 46.9 Å². The van der Waals surface area contributed by atoms with Crippen molar-refractivity contribution < 1.29 is 46.2 Å². The second-order valence-electron chi connectivity index (χ2n) is 27.7. The minimum Gasteiger partial charge on any atom is -0.444 e. The third-order valence-corrected chi connectivity index (χ3v) is 24.6. The van der Waals surface area contributed by atoms with Crippen molar-refractivity contribution in [1.29, 1.82) is 0 Å². The number of aromatic amines is 4. The molecule has 15 N–H and O–H groups in total. The van der Waals surface area contributed by atoms with Crippen LogP contribution in [-0.4, -0.2) is 156 Å². The molecule has 11 aromatic heterocycles. The first-order valence-corrected chi connectivity index (χ1v) is 42.3. The van der Waals surface area contributed by atoms with Crippen molar-refractivity contribution in [2.45, 2.75) is 122 Å². The van der Waals surface area contributed by atoms with Crippen LogP contribution in [0.25, 0.3) is 43.4 Å². The molecule has 0 spiro atoms. The number of halogens is 1. The van der Waals surface area contributed by atoms with Crippen molar-refractivity contribution in [2.24, 2.45) is 15.4 Å². The summed E-state index contributed by atoms with van der Waals surface area (Å²) < 4.78 is 74.4. The van der Waals surface area contributed by atoms with Gasteiger partial charge in [0.15, 0.2) is 46.6 Å². The highest BCUT2D eigenvalue weighted by Crippen LogP contribution is 2.44. The lowest BCUT2D eigenvalue weighted by Crippen LogP contribution is -2.44. The predicted molar refractivity (Wildman–Crippen MR) is 439 cm³/mol. The van der Waals surface area contributed by atoms with E-state index in [1.165, 1.54) is 87.0 Å². The van der Waals surface area contributed by atoms with E-state index < -0.39 is 41.8 Å². The summed E-state index contributed by atoms with van der Waals surface area (Å²) in [5.74, 6) is 9.39. The molecular formula is C69H93ClN26O8S6. The minimum absolute atomic E-state index is 0. The third kappa shape index (κ3) is 20.6. The molecule has 1 saturated heterocycles. The molecule has 41 heteroatoms. The number of carbonyl (C=O) groups is 1. The number of nitrogens with two attached hydrogens (primary N) is 3. The van der Waals surface area contributed by atoms with Gasteiger partial charge in [0, 0.05) is 132 Å². The summed E-state index contributed by atoms with van der Waals surface area (Å²) in [6, 6.07) is 29.5. The maximum atomic E-state index is 11.9. The minimum atomic E-state index is -3.77. The van der Waals surface area contributed by atoms with E-state index in [-0.39, 0.29) is 24.7 Å². The Morgan fingerprint density at radius 2 is 1.05 bits per heavy atom. The van der Waals surface area contributed by atoms with E-state index in [2.05, 4.69) is 119 Å². The number of hydrogen-bond donors (Lipinski definition) is 12. The molecule has 5 fully saturated rings. The maximum Gasteiger partial charge on any atom is 0.412 e. The van der Waals surface area contributed by atoms with Crippen LogP contribution in [-0.2, 0) is 34.8 Å². The van der Waals surface area contributed by atoms with Gasteiger partial charge in [-0.1, -0.05) is 11.6 Å². The molecule has 0 atom stereocenters. The van der Waals surface area contributed by atoms with Gasteiger partial charge in [0.25, 0.3) is 0 Å². The topological polar surface area (TPSA) is 491 Å². The van der Waals surface area contributed by atoms with Crippen LogP contribution in [0.3, 0.4) is 0 Å². The lowest BCUT2D eigenvalue weighted by atomic mass is 10.2. The molecule has 12 aromatic rings. The van der Waals surface area contributed by atoms with Crippen molar-refractivity contribution in [3.63, 3.8) is 0 Å².